The number of carboxylic acids is 1. The Balaban J connectivity index is 1.42. The van der Waals surface area contributed by atoms with Crippen LogP contribution < -0.4 is 14.2 Å². The molecule has 0 radical (unpaired) electrons. The van der Waals surface area contributed by atoms with Crippen LogP contribution in [0.15, 0.2) is 54.6 Å². The molecule has 38 heavy (non-hydrogen) atoms. The summed E-state index contributed by atoms with van der Waals surface area (Å²) in [5, 5.41) is 9.35. The van der Waals surface area contributed by atoms with Gasteiger partial charge in [-0.3, -0.25) is 4.79 Å². The minimum Gasteiger partial charge on any atom is -0.494 e. The van der Waals surface area contributed by atoms with Crippen LogP contribution in [0.4, 0.5) is 0 Å². The highest BCUT2D eigenvalue weighted by atomic mass is 32.2. The summed E-state index contributed by atoms with van der Waals surface area (Å²) >= 11 is 0. The number of hydrogen-bond donors (Lipinski definition) is 1. The predicted molar refractivity (Wildman–Crippen MR) is 147 cm³/mol. The van der Waals surface area contributed by atoms with Crippen LogP contribution in [0.5, 0.6) is 17.2 Å². The van der Waals surface area contributed by atoms with Gasteiger partial charge in [-0.15, -0.1) is 0 Å². The number of fused-ring (bicyclic) bond motifs is 1. The maximum absolute atomic E-state index is 11.4. The van der Waals surface area contributed by atoms with Crippen LogP contribution in [-0.4, -0.2) is 44.7 Å². The smallest absolute Gasteiger partial charge is 0.306 e. The second-order valence-corrected chi connectivity index (χ2v) is 12.3. The maximum Gasteiger partial charge on any atom is 0.306 e. The average Bonchev–Trinajstić information content (AvgIpc) is 3.27. The van der Waals surface area contributed by atoms with E-state index in [0.717, 1.165) is 39.1 Å². The van der Waals surface area contributed by atoms with Crippen molar-refractivity contribution in [1.29, 1.82) is 0 Å². The first-order valence-electron chi connectivity index (χ1n) is 12.7. The zero-order valence-corrected chi connectivity index (χ0v) is 23.0. The van der Waals surface area contributed by atoms with Crippen LogP contribution in [0.25, 0.3) is 11.1 Å². The Morgan fingerprint density at radius 2 is 1.79 bits per heavy atom. The minimum absolute atomic E-state index is 0.112. The Bertz CT molecular complexity index is 1410. The van der Waals surface area contributed by atoms with Gasteiger partial charge in [0.25, 0.3) is 0 Å². The largest absolute Gasteiger partial charge is 0.494 e. The Morgan fingerprint density at radius 3 is 2.47 bits per heavy atom. The van der Waals surface area contributed by atoms with Crippen LogP contribution in [0.3, 0.4) is 0 Å². The molecule has 1 heterocycles. The van der Waals surface area contributed by atoms with Gasteiger partial charge in [-0.25, -0.2) is 8.42 Å². The Kier molecular flexibility index (Phi) is 8.31. The van der Waals surface area contributed by atoms with Crippen molar-refractivity contribution in [2.24, 2.45) is 5.92 Å². The molecule has 1 unspecified atom stereocenters. The van der Waals surface area contributed by atoms with Crippen molar-refractivity contribution in [3.05, 3.63) is 76.9 Å². The Labute approximate surface area is 224 Å². The van der Waals surface area contributed by atoms with E-state index in [-0.39, 0.29) is 11.7 Å². The highest BCUT2D eigenvalue weighted by Crippen LogP contribution is 2.40. The number of rotatable bonds is 11. The molecule has 1 aliphatic heterocycles. The molecule has 1 N–H and O–H groups in total. The van der Waals surface area contributed by atoms with E-state index in [1.807, 2.05) is 56.3 Å². The van der Waals surface area contributed by atoms with Crippen LogP contribution in [0.1, 0.15) is 41.5 Å². The first-order valence-corrected chi connectivity index (χ1v) is 14.7. The highest BCUT2D eigenvalue weighted by molar-refractivity contribution is 7.90. The lowest BCUT2D eigenvalue weighted by Crippen LogP contribution is -2.19. The fraction of sp³-hybridized carbons (Fsp3) is 0.367. The maximum atomic E-state index is 11.4. The lowest BCUT2D eigenvalue weighted by molar-refractivity contribution is -0.142. The van der Waals surface area contributed by atoms with E-state index in [4.69, 9.17) is 14.2 Å². The molecule has 3 aromatic rings. The number of carbonyl (C=O) groups is 1. The molecule has 0 aliphatic carbocycles. The summed E-state index contributed by atoms with van der Waals surface area (Å²) < 4.78 is 40.2. The topological polar surface area (TPSA) is 99.1 Å². The molecule has 8 heteroatoms. The number of sulfone groups is 1. The molecule has 0 amide bonds. The first-order chi connectivity index (χ1) is 18.0. The number of carboxylic acid groups (broad SMARTS) is 1. The normalized spacial score (nSPS) is 15.4. The summed E-state index contributed by atoms with van der Waals surface area (Å²) in [5.74, 6) is 0.684. The van der Waals surface area contributed by atoms with Crippen LogP contribution >= 0.6 is 0 Å². The summed E-state index contributed by atoms with van der Waals surface area (Å²) in [5.41, 5.74) is 6.26. The van der Waals surface area contributed by atoms with E-state index in [0.29, 0.717) is 37.7 Å². The van der Waals surface area contributed by atoms with Crippen molar-refractivity contribution in [2.75, 3.05) is 25.2 Å². The van der Waals surface area contributed by atoms with Gasteiger partial charge in [0.1, 0.15) is 33.7 Å². The zero-order chi connectivity index (χ0) is 27.4. The van der Waals surface area contributed by atoms with Gasteiger partial charge in [0.05, 0.1) is 24.9 Å². The van der Waals surface area contributed by atoms with E-state index in [1.165, 1.54) is 6.26 Å². The lowest BCUT2D eigenvalue weighted by atomic mass is 9.89. The van der Waals surface area contributed by atoms with Gasteiger partial charge in [-0.05, 0) is 72.4 Å². The van der Waals surface area contributed by atoms with Gasteiger partial charge >= 0.3 is 5.97 Å². The van der Waals surface area contributed by atoms with Crippen LogP contribution in [0, 0.1) is 19.8 Å². The van der Waals surface area contributed by atoms with E-state index < -0.39 is 21.7 Å². The number of aliphatic carboxylic acids is 1. The molecule has 2 atom stereocenters. The minimum atomic E-state index is -2.99. The van der Waals surface area contributed by atoms with Gasteiger partial charge in [0, 0.05) is 23.8 Å². The molecule has 202 valence electrons. The van der Waals surface area contributed by atoms with E-state index in [2.05, 4.69) is 12.1 Å². The van der Waals surface area contributed by atoms with Gasteiger partial charge < -0.3 is 19.3 Å². The monoisotopic (exact) mass is 538 g/mol. The summed E-state index contributed by atoms with van der Waals surface area (Å²) in [6, 6.07) is 17.8. The average molecular weight is 539 g/mol. The summed E-state index contributed by atoms with van der Waals surface area (Å²) in [6.07, 6.45) is 1.69. The van der Waals surface area contributed by atoms with E-state index in [9.17, 15) is 18.3 Å². The van der Waals surface area contributed by atoms with E-state index in [1.54, 1.807) is 6.92 Å². The molecular formula is C30H34O7S. The number of aryl methyl sites for hydroxylation is 2. The second-order valence-electron chi connectivity index (χ2n) is 10.00. The number of benzene rings is 3. The molecule has 0 aromatic heterocycles. The summed E-state index contributed by atoms with van der Waals surface area (Å²) in [6.45, 7) is 6.87. The molecular weight excluding hydrogens is 504 g/mol. The molecule has 0 saturated heterocycles. The highest BCUT2D eigenvalue weighted by Gasteiger charge is 2.33. The summed E-state index contributed by atoms with van der Waals surface area (Å²) in [7, 11) is -2.99. The molecule has 0 spiro atoms. The zero-order valence-electron chi connectivity index (χ0n) is 22.2. The fourth-order valence-corrected chi connectivity index (χ4v) is 5.49. The Morgan fingerprint density at radius 1 is 1.05 bits per heavy atom. The molecule has 0 bridgehead atoms. The van der Waals surface area contributed by atoms with Crippen LogP contribution in [0.2, 0.25) is 0 Å². The van der Waals surface area contributed by atoms with Gasteiger partial charge in [0.2, 0.25) is 0 Å². The molecule has 4 rings (SSSR count). The van der Waals surface area contributed by atoms with Crippen molar-refractivity contribution >= 4 is 15.8 Å². The third-order valence-corrected chi connectivity index (χ3v) is 7.88. The molecule has 0 fully saturated rings. The summed E-state index contributed by atoms with van der Waals surface area (Å²) in [4.78, 5) is 11.4. The van der Waals surface area contributed by atoms with Crippen molar-refractivity contribution in [3.8, 4) is 28.4 Å². The van der Waals surface area contributed by atoms with Crippen molar-refractivity contribution in [3.63, 3.8) is 0 Å². The number of ether oxygens (including phenoxy) is 3. The second kappa shape index (κ2) is 11.5. The van der Waals surface area contributed by atoms with Crippen molar-refractivity contribution < 1.29 is 32.5 Å². The third kappa shape index (κ3) is 6.67. The van der Waals surface area contributed by atoms with E-state index >= 15 is 0 Å². The van der Waals surface area contributed by atoms with Gasteiger partial charge in [0.15, 0.2) is 0 Å². The quantitative estimate of drug-likeness (QED) is 0.319. The standard InChI is InChI=1S/C30H34O7S/c1-19-13-25(35-11-6-12-38(4,33)34)14-20(2)29(19)23-8-5-7-22(15-23)17-36-24-9-10-26-27(21(3)30(31)32)18-37-28(26)16-24/h5,7-10,13-16,21,27H,6,11-12,17-18H2,1-4H3,(H,31,32)/t21?,27-/m0/s1. The van der Waals surface area contributed by atoms with Gasteiger partial charge in [-0.2, -0.15) is 0 Å². The SMILES string of the molecule is Cc1cc(OCCCS(C)(=O)=O)cc(C)c1-c1cccc(COc2ccc3c(c2)OC[C@H]3C(C)C(=O)O)c1. The first kappa shape index (κ1) is 27.5. The van der Waals surface area contributed by atoms with Crippen LogP contribution in [-0.2, 0) is 21.2 Å². The molecule has 1 aliphatic rings. The van der Waals surface area contributed by atoms with Crippen molar-refractivity contribution in [2.45, 2.75) is 39.7 Å². The number of hydrogen-bond acceptors (Lipinski definition) is 6. The third-order valence-electron chi connectivity index (χ3n) is 6.85. The lowest BCUT2D eigenvalue weighted by Gasteiger charge is -2.15. The molecule has 7 nitrogen and oxygen atoms in total. The predicted octanol–water partition coefficient (Wildman–Crippen LogP) is 5.56. The Hall–Kier alpha value is -3.52. The van der Waals surface area contributed by atoms with Gasteiger partial charge in [-0.1, -0.05) is 31.2 Å². The van der Waals surface area contributed by atoms with Crippen molar-refractivity contribution in [1.82, 2.24) is 0 Å². The molecule has 3 aromatic carbocycles. The molecule has 0 saturated carbocycles. The fourth-order valence-electron chi connectivity index (χ4n) is 4.85.